The minimum absolute atomic E-state index is 0.303. The fraction of sp³-hybridized carbons (Fsp3) is 0.250. The summed E-state index contributed by atoms with van der Waals surface area (Å²) in [5.74, 6) is 0. The van der Waals surface area contributed by atoms with E-state index < -0.39 is 6.09 Å². The Kier molecular flexibility index (Phi) is 3.50. The molecule has 1 aromatic rings. The van der Waals surface area contributed by atoms with Crippen LogP contribution in [0.5, 0.6) is 0 Å². The zero-order valence-corrected chi connectivity index (χ0v) is 9.03. The van der Waals surface area contributed by atoms with Crippen LogP contribution in [-0.2, 0) is 0 Å². The van der Waals surface area contributed by atoms with E-state index in [0.717, 1.165) is 11.1 Å². The van der Waals surface area contributed by atoms with Crippen LogP contribution in [0.25, 0.3) is 0 Å². The fourth-order valence-corrected chi connectivity index (χ4v) is 1.32. The summed E-state index contributed by atoms with van der Waals surface area (Å²) in [5, 5.41) is 9.00. The number of nitrogens with zero attached hydrogens (tertiary/aromatic N) is 1. The Morgan fingerprint density at radius 2 is 2.13 bits per heavy atom. The molecule has 0 fully saturated rings. The SMILES string of the molecule is C=CCN(C(=O)O)c1ccc(C)c(C)c1. The molecule has 0 aliphatic heterocycles. The highest BCUT2D eigenvalue weighted by molar-refractivity contribution is 5.86. The summed E-state index contributed by atoms with van der Waals surface area (Å²) in [6.45, 7) is 7.81. The third-order valence-electron chi connectivity index (χ3n) is 2.34. The summed E-state index contributed by atoms with van der Waals surface area (Å²) < 4.78 is 0. The first-order chi connectivity index (χ1) is 7.06. The Morgan fingerprint density at radius 3 is 2.60 bits per heavy atom. The Labute approximate surface area is 89.6 Å². The minimum atomic E-state index is -0.960. The van der Waals surface area contributed by atoms with Crippen molar-refractivity contribution in [3.63, 3.8) is 0 Å². The van der Waals surface area contributed by atoms with Gasteiger partial charge in [-0.3, -0.25) is 4.90 Å². The van der Waals surface area contributed by atoms with E-state index in [1.54, 1.807) is 12.1 Å². The van der Waals surface area contributed by atoms with Crippen molar-refractivity contribution in [2.45, 2.75) is 13.8 Å². The lowest BCUT2D eigenvalue weighted by molar-refractivity contribution is 0.202. The number of carboxylic acid groups (broad SMARTS) is 1. The van der Waals surface area contributed by atoms with Gasteiger partial charge < -0.3 is 5.11 Å². The van der Waals surface area contributed by atoms with Crippen molar-refractivity contribution >= 4 is 11.8 Å². The van der Waals surface area contributed by atoms with Crippen LogP contribution in [0.1, 0.15) is 11.1 Å². The summed E-state index contributed by atoms with van der Waals surface area (Å²) in [6, 6.07) is 5.59. The lowest BCUT2D eigenvalue weighted by Crippen LogP contribution is -2.29. The molecule has 3 nitrogen and oxygen atoms in total. The maximum absolute atomic E-state index is 11.0. The Morgan fingerprint density at radius 1 is 1.47 bits per heavy atom. The number of aryl methyl sites for hydroxylation is 2. The van der Waals surface area contributed by atoms with Gasteiger partial charge in [-0.2, -0.15) is 0 Å². The molecule has 3 heteroatoms. The summed E-state index contributed by atoms with van der Waals surface area (Å²) in [6.07, 6.45) is 0.613. The molecule has 0 saturated carbocycles. The van der Waals surface area contributed by atoms with Gasteiger partial charge >= 0.3 is 6.09 Å². The molecule has 0 spiro atoms. The zero-order chi connectivity index (χ0) is 11.4. The number of carbonyl (C=O) groups is 1. The van der Waals surface area contributed by atoms with Crippen molar-refractivity contribution in [2.75, 3.05) is 11.4 Å². The standard InChI is InChI=1S/C12H15NO2/c1-4-7-13(12(14)15)11-6-5-9(2)10(3)8-11/h4-6,8H,1,7H2,2-3H3,(H,14,15). The molecular formula is C12H15NO2. The predicted molar refractivity (Wildman–Crippen MR) is 61.5 cm³/mol. The molecule has 0 aliphatic carbocycles. The quantitative estimate of drug-likeness (QED) is 0.770. The molecule has 0 radical (unpaired) electrons. The van der Waals surface area contributed by atoms with Gasteiger partial charge in [-0.1, -0.05) is 12.1 Å². The molecule has 0 bridgehead atoms. The summed E-state index contributed by atoms with van der Waals surface area (Å²) >= 11 is 0. The molecule has 1 aromatic carbocycles. The van der Waals surface area contributed by atoms with Crippen molar-refractivity contribution in [3.05, 3.63) is 42.0 Å². The number of benzene rings is 1. The van der Waals surface area contributed by atoms with Crippen molar-refractivity contribution in [1.29, 1.82) is 0 Å². The van der Waals surface area contributed by atoms with E-state index in [4.69, 9.17) is 5.11 Å². The largest absolute Gasteiger partial charge is 0.465 e. The van der Waals surface area contributed by atoms with Crippen molar-refractivity contribution in [2.24, 2.45) is 0 Å². The van der Waals surface area contributed by atoms with Crippen LogP contribution < -0.4 is 4.90 Å². The molecule has 1 N–H and O–H groups in total. The molecule has 0 aromatic heterocycles. The molecule has 0 aliphatic rings. The van der Waals surface area contributed by atoms with Crippen molar-refractivity contribution in [1.82, 2.24) is 0 Å². The van der Waals surface area contributed by atoms with Gasteiger partial charge in [-0.05, 0) is 37.1 Å². The fourth-order valence-electron chi connectivity index (χ4n) is 1.32. The number of hydrogen-bond acceptors (Lipinski definition) is 1. The smallest absolute Gasteiger partial charge is 0.412 e. The maximum atomic E-state index is 11.0. The van der Waals surface area contributed by atoms with Gasteiger partial charge in [0.25, 0.3) is 0 Å². The van der Waals surface area contributed by atoms with Gasteiger partial charge in [0.15, 0.2) is 0 Å². The first kappa shape index (κ1) is 11.3. The molecule has 1 rings (SSSR count). The molecule has 1 amide bonds. The highest BCUT2D eigenvalue weighted by atomic mass is 16.4. The van der Waals surface area contributed by atoms with Crippen LogP contribution in [0.2, 0.25) is 0 Å². The van der Waals surface area contributed by atoms with Crippen LogP contribution in [0, 0.1) is 13.8 Å². The van der Waals surface area contributed by atoms with Crippen LogP contribution in [0.15, 0.2) is 30.9 Å². The van der Waals surface area contributed by atoms with Crippen molar-refractivity contribution in [3.8, 4) is 0 Å². The van der Waals surface area contributed by atoms with Crippen LogP contribution in [0.3, 0.4) is 0 Å². The molecule has 0 unspecified atom stereocenters. The van der Waals surface area contributed by atoms with Crippen molar-refractivity contribution < 1.29 is 9.90 Å². The first-order valence-corrected chi connectivity index (χ1v) is 4.75. The van der Waals surface area contributed by atoms with Gasteiger partial charge in [0, 0.05) is 12.2 Å². The first-order valence-electron chi connectivity index (χ1n) is 4.75. The van der Waals surface area contributed by atoms with E-state index in [1.165, 1.54) is 4.90 Å². The average molecular weight is 205 g/mol. The normalized spacial score (nSPS) is 9.73. The highest BCUT2D eigenvalue weighted by Crippen LogP contribution is 2.18. The number of amides is 1. The van der Waals surface area contributed by atoms with E-state index in [1.807, 2.05) is 26.0 Å². The lowest BCUT2D eigenvalue weighted by atomic mass is 10.1. The topological polar surface area (TPSA) is 40.5 Å². The highest BCUT2D eigenvalue weighted by Gasteiger charge is 2.12. The van der Waals surface area contributed by atoms with E-state index in [0.29, 0.717) is 12.2 Å². The van der Waals surface area contributed by atoms with Gasteiger partial charge in [0.2, 0.25) is 0 Å². The molecular weight excluding hydrogens is 190 g/mol. The van der Waals surface area contributed by atoms with E-state index in [9.17, 15) is 4.79 Å². The Hall–Kier alpha value is -1.77. The molecule has 0 atom stereocenters. The van der Waals surface area contributed by atoms with Crippen LogP contribution in [-0.4, -0.2) is 17.7 Å². The molecule has 0 heterocycles. The van der Waals surface area contributed by atoms with Gasteiger partial charge in [0.1, 0.15) is 0 Å². The van der Waals surface area contributed by atoms with E-state index >= 15 is 0 Å². The number of anilines is 1. The van der Waals surface area contributed by atoms with Gasteiger partial charge in [-0.25, -0.2) is 4.79 Å². The second-order valence-corrected chi connectivity index (χ2v) is 3.45. The number of rotatable bonds is 3. The second kappa shape index (κ2) is 4.64. The zero-order valence-electron chi connectivity index (χ0n) is 9.03. The third kappa shape index (κ3) is 2.59. The minimum Gasteiger partial charge on any atom is -0.465 e. The monoisotopic (exact) mass is 205 g/mol. The Bertz CT molecular complexity index is 385. The second-order valence-electron chi connectivity index (χ2n) is 3.45. The number of hydrogen-bond donors (Lipinski definition) is 1. The van der Waals surface area contributed by atoms with E-state index in [2.05, 4.69) is 6.58 Å². The third-order valence-corrected chi connectivity index (χ3v) is 2.34. The summed E-state index contributed by atoms with van der Waals surface area (Å²) in [4.78, 5) is 12.2. The van der Waals surface area contributed by atoms with Crippen LogP contribution in [0.4, 0.5) is 10.5 Å². The molecule has 15 heavy (non-hydrogen) atoms. The van der Waals surface area contributed by atoms with Gasteiger partial charge in [-0.15, -0.1) is 6.58 Å². The van der Waals surface area contributed by atoms with Crippen LogP contribution >= 0.6 is 0 Å². The van der Waals surface area contributed by atoms with Gasteiger partial charge in [0.05, 0.1) is 0 Å². The average Bonchev–Trinajstić information content (AvgIpc) is 2.18. The Balaban J connectivity index is 3.06. The van der Waals surface area contributed by atoms with E-state index in [-0.39, 0.29) is 0 Å². The predicted octanol–water partition coefficient (Wildman–Crippen LogP) is 2.97. The summed E-state index contributed by atoms with van der Waals surface area (Å²) in [7, 11) is 0. The lowest BCUT2D eigenvalue weighted by Gasteiger charge is -2.18. The molecule has 80 valence electrons. The maximum Gasteiger partial charge on any atom is 0.412 e. The summed E-state index contributed by atoms with van der Waals surface area (Å²) in [5.41, 5.74) is 2.93. The molecule has 0 saturated heterocycles.